The van der Waals surface area contributed by atoms with Gasteiger partial charge in [-0.05, 0) is 72.4 Å². The van der Waals surface area contributed by atoms with Gasteiger partial charge in [-0.15, -0.1) is 12.6 Å². The number of benzene rings is 2. The van der Waals surface area contributed by atoms with Crippen molar-refractivity contribution in [3.63, 3.8) is 0 Å². The van der Waals surface area contributed by atoms with Crippen molar-refractivity contribution in [2.24, 2.45) is 0 Å². The van der Waals surface area contributed by atoms with E-state index in [1.807, 2.05) is 0 Å². The highest BCUT2D eigenvalue weighted by Gasteiger charge is 2.17. The lowest BCUT2D eigenvalue weighted by atomic mass is 9.82. The van der Waals surface area contributed by atoms with Crippen LogP contribution >= 0.6 is 12.6 Å². The molecule has 25 heavy (non-hydrogen) atoms. The van der Waals surface area contributed by atoms with Crippen molar-refractivity contribution in [1.29, 1.82) is 0 Å². The molecule has 0 radical (unpaired) electrons. The maximum Gasteiger partial charge on any atom is 0.00403 e. The van der Waals surface area contributed by atoms with Gasteiger partial charge in [-0.1, -0.05) is 68.7 Å². The zero-order chi connectivity index (χ0) is 17.5. The monoisotopic (exact) mass is 350 g/mol. The molecule has 0 bridgehead atoms. The summed E-state index contributed by atoms with van der Waals surface area (Å²) in [6, 6.07) is 18.0. The van der Waals surface area contributed by atoms with Gasteiger partial charge in [0.1, 0.15) is 0 Å². The normalized spacial score (nSPS) is 17.4. The molecule has 0 nitrogen and oxygen atoms in total. The molecule has 132 valence electrons. The Balaban J connectivity index is 1.56. The number of aryl methyl sites for hydroxylation is 1. The summed E-state index contributed by atoms with van der Waals surface area (Å²) >= 11 is 4.38. The average molecular weight is 351 g/mol. The molecule has 3 rings (SSSR count). The van der Waals surface area contributed by atoms with Gasteiger partial charge in [0.05, 0.1) is 0 Å². The first kappa shape index (κ1) is 18.3. The Morgan fingerprint density at radius 3 is 2.32 bits per heavy atom. The topological polar surface area (TPSA) is 0 Å². The van der Waals surface area contributed by atoms with Crippen LogP contribution in [0.15, 0.2) is 59.5 Å². The maximum absolute atomic E-state index is 4.38. The van der Waals surface area contributed by atoms with Crippen LogP contribution < -0.4 is 0 Å². The van der Waals surface area contributed by atoms with E-state index in [0.29, 0.717) is 5.92 Å². The van der Waals surface area contributed by atoms with Crippen molar-refractivity contribution in [3.05, 3.63) is 71.3 Å². The molecule has 1 atom stereocenters. The molecule has 1 unspecified atom stereocenters. The van der Waals surface area contributed by atoms with Gasteiger partial charge in [-0.25, -0.2) is 0 Å². The van der Waals surface area contributed by atoms with Crippen LogP contribution in [0.25, 0.3) is 5.57 Å². The first-order valence-electron chi connectivity index (χ1n) is 9.83. The summed E-state index contributed by atoms with van der Waals surface area (Å²) in [7, 11) is 0. The van der Waals surface area contributed by atoms with E-state index in [4.69, 9.17) is 0 Å². The second-order valence-corrected chi connectivity index (χ2v) is 7.82. The number of hydrogen-bond acceptors (Lipinski definition) is 1. The molecule has 0 heterocycles. The highest BCUT2D eigenvalue weighted by atomic mass is 32.1. The van der Waals surface area contributed by atoms with Crippen LogP contribution in [0.4, 0.5) is 0 Å². The van der Waals surface area contributed by atoms with Crippen molar-refractivity contribution in [1.82, 2.24) is 0 Å². The van der Waals surface area contributed by atoms with E-state index in [9.17, 15) is 0 Å². The van der Waals surface area contributed by atoms with E-state index in [2.05, 4.69) is 74.2 Å². The first-order valence-corrected chi connectivity index (χ1v) is 10.3. The molecule has 0 amide bonds. The Bertz CT molecular complexity index is 679. The highest BCUT2D eigenvalue weighted by Crippen LogP contribution is 2.36. The Morgan fingerprint density at radius 1 is 0.920 bits per heavy atom. The minimum atomic E-state index is 0.682. The molecule has 1 heteroatoms. The van der Waals surface area contributed by atoms with E-state index >= 15 is 0 Å². The summed E-state index contributed by atoms with van der Waals surface area (Å²) in [5.74, 6) is 0.682. The molecule has 0 saturated carbocycles. The minimum Gasteiger partial charge on any atom is -0.143 e. The number of rotatable bonds is 7. The molecule has 2 aromatic rings. The van der Waals surface area contributed by atoms with Gasteiger partial charge in [0.25, 0.3) is 0 Å². The van der Waals surface area contributed by atoms with E-state index in [0.717, 1.165) is 11.3 Å². The molecular formula is C24H30S. The third kappa shape index (κ3) is 5.25. The van der Waals surface area contributed by atoms with Gasteiger partial charge in [0, 0.05) is 4.90 Å². The molecular weight excluding hydrogens is 320 g/mol. The molecule has 0 aliphatic heterocycles. The van der Waals surface area contributed by atoms with E-state index in [1.54, 1.807) is 0 Å². The summed E-state index contributed by atoms with van der Waals surface area (Å²) in [6.45, 7) is 2.27. The van der Waals surface area contributed by atoms with Crippen LogP contribution in [0.5, 0.6) is 0 Å². The average Bonchev–Trinajstić information content (AvgIpc) is 2.67. The number of allylic oxidation sites excluding steroid dienone is 2. The van der Waals surface area contributed by atoms with Crippen LogP contribution in [0.2, 0.25) is 0 Å². The Morgan fingerprint density at radius 2 is 1.68 bits per heavy atom. The van der Waals surface area contributed by atoms with Gasteiger partial charge in [-0.2, -0.15) is 0 Å². The predicted molar refractivity (Wildman–Crippen MR) is 113 cm³/mol. The zero-order valence-electron chi connectivity index (χ0n) is 15.4. The Kier molecular flexibility index (Phi) is 6.81. The van der Waals surface area contributed by atoms with E-state index < -0.39 is 0 Å². The van der Waals surface area contributed by atoms with Crippen LogP contribution in [-0.2, 0) is 6.42 Å². The molecule has 2 aromatic carbocycles. The first-order chi connectivity index (χ1) is 12.3. The van der Waals surface area contributed by atoms with Gasteiger partial charge in [0.2, 0.25) is 0 Å². The van der Waals surface area contributed by atoms with E-state index in [-0.39, 0.29) is 0 Å². The molecule has 0 fully saturated rings. The van der Waals surface area contributed by atoms with E-state index in [1.165, 1.54) is 67.2 Å². The van der Waals surface area contributed by atoms with Crippen molar-refractivity contribution in [2.45, 2.75) is 69.1 Å². The smallest absolute Gasteiger partial charge is 0.00403 e. The minimum absolute atomic E-state index is 0.682. The van der Waals surface area contributed by atoms with Gasteiger partial charge in [0.15, 0.2) is 0 Å². The van der Waals surface area contributed by atoms with Crippen molar-refractivity contribution >= 4 is 18.2 Å². The second-order valence-electron chi connectivity index (χ2n) is 7.30. The largest absolute Gasteiger partial charge is 0.143 e. The van der Waals surface area contributed by atoms with Crippen LogP contribution in [0.1, 0.15) is 74.5 Å². The highest BCUT2D eigenvalue weighted by molar-refractivity contribution is 7.80. The lowest BCUT2D eigenvalue weighted by Gasteiger charge is -2.23. The second kappa shape index (κ2) is 9.29. The summed E-state index contributed by atoms with van der Waals surface area (Å²) in [6.07, 6.45) is 12.6. The predicted octanol–water partition coefficient (Wildman–Crippen LogP) is 7.45. The maximum atomic E-state index is 4.38. The van der Waals surface area contributed by atoms with Crippen LogP contribution in [-0.4, -0.2) is 0 Å². The molecule has 0 saturated heterocycles. The molecule has 1 aliphatic rings. The number of unbranched alkanes of at least 4 members (excludes halogenated alkanes) is 3. The van der Waals surface area contributed by atoms with Gasteiger partial charge >= 0.3 is 0 Å². The van der Waals surface area contributed by atoms with Crippen molar-refractivity contribution in [3.8, 4) is 0 Å². The summed E-state index contributed by atoms with van der Waals surface area (Å²) < 4.78 is 0. The molecule has 0 aromatic heterocycles. The van der Waals surface area contributed by atoms with Crippen molar-refractivity contribution in [2.75, 3.05) is 0 Å². The molecule has 1 aliphatic carbocycles. The Hall–Kier alpha value is -1.47. The Labute approximate surface area is 158 Å². The third-order valence-electron chi connectivity index (χ3n) is 5.42. The molecule has 0 N–H and O–H groups in total. The SMILES string of the molecule is CCCCCCc1ccc(C2CC=C(c3ccc(S)cc3)CC2)cc1. The summed E-state index contributed by atoms with van der Waals surface area (Å²) in [5, 5.41) is 0. The molecule has 0 spiro atoms. The van der Waals surface area contributed by atoms with Crippen LogP contribution in [0.3, 0.4) is 0 Å². The number of thiol groups is 1. The van der Waals surface area contributed by atoms with Gasteiger partial charge in [-0.3, -0.25) is 0 Å². The lowest BCUT2D eigenvalue weighted by molar-refractivity contribution is 0.625. The van der Waals surface area contributed by atoms with Crippen molar-refractivity contribution < 1.29 is 0 Å². The van der Waals surface area contributed by atoms with Crippen LogP contribution in [0, 0.1) is 0 Å². The summed E-state index contributed by atoms with van der Waals surface area (Å²) in [4.78, 5) is 1.04. The standard InChI is InChI=1S/C24H30S/c1-2-3-4-5-6-19-7-9-20(10-8-19)21-11-13-22(14-12-21)23-15-17-24(25)18-16-23/h7-10,13,15-18,21,25H,2-6,11-12,14H2,1H3. The summed E-state index contributed by atoms with van der Waals surface area (Å²) in [5.41, 5.74) is 5.87. The lowest BCUT2D eigenvalue weighted by Crippen LogP contribution is -2.04. The van der Waals surface area contributed by atoms with Gasteiger partial charge < -0.3 is 0 Å². The number of hydrogen-bond donors (Lipinski definition) is 1. The quantitative estimate of drug-likeness (QED) is 0.389. The zero-order valence-corrected chi connectivity index (χ0v) is 16.3. The fourth-order valence-corrected chi connectivity index (χ4v) is 3.94. The third-order valence-corrected chi connectivity index (χ3v) is 5.72. The fraction of sp³-hybridized carbons (Fsp3) is 0.417. The fourth-order valence-electron chi connectivity index (χ4n) is 3.79.